The Morgan fingerprint density at radius 2 is 0.757 bits per heavy atom. The van der Waals surface area contributed by atoms with E-state index in [0.717, 1.165) is 196 Å². The molecule has 0 aliphatic heterocycles. The highest BCUT2D eigenvalue weighted by atomic mass is 15.5. The van der Waals surface area contributed by atoms with Crippen molar-refractivity contribution in [1.82, 2.24) is 48.0 Å². The van der Waals surface area contributed by atoms with Crippen molar-refractivity contribution in [2.45, 2.75) is 166 Å². The van der Waals surface area contributed by atoms with Crippen molar-refractivity contribution in [3.8, 4) is 17.1 Å². The van der Waals surface area contributed by atoms with Crippen molar-refractivity contribution in [2.75, 3.05) is 0 Å². The minimum absolute atomic E-state index is 0.764. The minimum atomic E-state index is 0.764. The summed E-state index contributed by atoms with van der Waals surface area (Å²) in [4.78, 5) is 28.4. The second-order valence-corrected chi connectivity index (χ2v) is 19.9. The van der Waals surface area contributed by atoms with Gasteiger partial charge in [0.2, 0.25) is 0 Å². The van der Waals surface area contributed by atoms with Crippen molar-refractivity contribution in [2.24, 2.45) is 0 Å². The molecular formula is C60H72N10. The molecule has 0 radical (unpaired) electrons. The summed E-state index contributed by atoms with van der Waals surface area (Å²) in [5, 5.41) is 0. The van der Waals surface area contributed by atoms with Crippen molar-refractivity contribution < 1.29 is 0 Å². The number of para-hydroxylation sites is 4. The van der Waals surface area contributed by atoms with Crippen LogP contribution in [0.2, 0.25) is 0 Å². The summed E-state index contributed by atoms with van der Waals surface area (Å²) >= 11 is 0. The Bertz CT molecular complexity index is 3550. The van der Waals surface area contributed by atoms with Gasteiger partial charge >= 0.3 is 0 Å². The van der Waals surface area contributed by atoms with Crippen LogP contribution in [0.4, 0.5) is 0 Å². The van der Waals surface area contributed by atoms with E-state index < -0.39 is 0 Å². The summed E-state index contributed by atoms with van der Waals surface area (Å²) in [6.07, 6.45) is 14.9. The number of aryl methyl sites for hydroxylation is 10. The van der Waals surface area contributed by atoms with Gasteiger partial charge in [0.1, 0.15) is 40.3 Å². The number of rotatable bonds is 19. The maximum Gasteiger partial charge on any atom is 0.129 e. The van der Waals surface area contributed by atoms with Gasteiger partial charge in [-0.1, -0.05) is 122 Å². The Balaban J connectivity index is 1.52. The van der Waals surface area contributed by atoms with Crippen LogP contribution in [0.5, 0.6) is 0 Å². The largest absolute Gasteiger partial charge is 0.294 e. The lowest BCUT2D eigenvalue weighted by molar-refractivity contribution is 0.585. The number of hydrogen-bond acceptors (Lipinski definition) is 5. The van der Waals surface area contributed by atoms with Gasteiger partial charge < -0.3 is 0 Å². The fraction of sp³-hybridized carbons (Fsp3) is 0.417. The number of nitrogens with zero attached hydrogens (tertiary/aromatic N) is 10. The molecule has 5 heterocycles. The summed E-state index contributed by atoms with van der Waals surface area (Å²) in [7, 11) is 0. The lowest BCUT2D eigenvalue weighted by Gasteiger charge is -2.26. The first-order chi connectivity index (χ1) is 34.1. The normalized spacial score (nSPS) is 12.1. The van der Waals surface area contributed by atoms with E-state index in [1.165, 1.54) is 29.5 Å². The molecule has 0 unspecified atom stereocenters. The van der Waals surface area contributed by atoms with Crippen LogP contribution in [0.15, 0.2) is 72.8 Å². The molecule has 70 heavy (non-hydrogen) atoms. The van der Waals surface area contributed by atoms with Crippen LogP contribution in [-0.4, -0.2) is 48.0 Å². The van der Waals surface area contributed by atoms with E-state index in [0.29, 0.717) is 0 Å². The Morgan fingerprint density at radius 1 is 0.343 bits per heavy atom. The van der Waals surface area contributed by atoms with E-state index in [1.54, 1.807) is 0 Å². The average molecular weight is 933 g/mol. The highest BCUT2D eigenvalue weighted by Crippen LogP contribution is 2.45. The smallest absolute Gasteiger partial charge is 0.129 e. The molecule has 0 spiro atoms. The van der Waals surface area contributed by atoms with Crippen LogP contribution in [0.3, 0.4) is 0 Å². The van der Waals surface area contributed by atoms with Gasteiger partial charge in [0, 0.05) is 37.7 Å². The van der Waals surface area contributed by atoms with Gasteiger partial charge in [-0.3, -0.25) is 13.7 Å². The molecule has 5 aromatic carbocycles. The summed E-state index contributed by atoms with van der Waals surface area (Å²) < 4.78 is 12.5. The number of fused-ring (bicyclic) bond motifs is 5. The average Bonchev–Trinajstić information content (AvgIpc) is 4.18. The van der Waals surface area contributed by atoms with E-state index in [9.17, 15) is 0 Å². The molecule has 0 amide bonds. The first-order valence-corrected chi connectivity index (χ1v) is 26.6. The zero-order valence-corrected chi connectivity index (χ0v) is 43.5. The fourth-order valence-electron chi connectivity index (χ4n) is 11.2. The molecule has 0 bridgehead atoms. The maximum atomic E-state index is 6.07. The zero-order valence-electron chi connectivity index (χ0n) is 43.5. The SMILES string of the molecule is CCCCCCc1nc2c(-n3c(CCC)nc4c(C)cccc43)c(-n3c(CCCC)nc4c(C)cccc43)c(-n3c(CCCCC)nc4c(C)cccc43)c(C)c2n1-n1c(CC)nc2c(C)cccc21. The number of unbranched alkanes of at least 4 members (excludes halogenated alkanes) is 6. The first kappa shape index (κ1) is 47.1. The maximum absolute atomic E-state index is 6.07. The van der Waals surface area contributed by atoms with Gasteiger partial charge in [-0.05, 0) is 107 Å². The van der Waals surface area contributed by atoms with Crippen molar-refractivity contribution in [3.63, 3.8) is 0 Å². The molecule has 0 saturated heterocycles. The molecule has 10 aromatic rings. The molecule has 10 rings (SSSR count). The lowest BCUT2D eigenvalue weighted by atomic mass is 10.0. The molecule has 0 N–H and O–H groups in total. The van der Waals surface area contributed by atoms with Crippen LogP contribution in [0, 0.1) is 34.6 Å². The standard InChI is InChI=1S/C60H72N10/c1-11-16-19-21-37-51-65-56-57(70(51)69-46-34-25-30-41(9)55(46)61-47(69)15-5)42(10)58(66-43-31-22-27-38(6)52(43)64-50(66)36-20-17-12-2)60(68-45-33-24-29-40(8)54(45)63-49(68)35-18-13-3)59(56)67-44-32-23-28-39(7)53(44)62-48(67)26-14-4/h22-25,27-34H,11-21,26,35-37H2,1-10H3. The fourth-order valence-corrected chi connectivity index (χ4v) is 11.2. The van der Waals surface area contributed by atoms with Crippen LogP contribution in [-0.2, 0) is 32.1 Å². The lowest BCUT2D eigenvalue weighted by Crippen LogP contribution is -2.19. The molecule has 0 aliphatic carbocycles. The van der Waals surface area contributed by atoms with E-state index in [4.69, 9.17) is 24.9 Å². The van der Waals surface area contributed by atoms with E-state index in [-0.39, 0.29) is 0 Å². The molecule has 0 atom stereocenters. The van der Waals surface area contributed by atoms with Gasteiger partial charge in [-0.15, -0.1) is 0 Å². The third-order valence-corrected chi connectivity index (χ3v) is 14.8. The van der Waals surface area contributed by atoms with Crippen LogP contribution < -0.4 is 0 Å². The van der Waals surface area contributed by atoms with Gasteiger partial charge in [0.15, 0.2) is 0 Å². The number of hydrogen-bond donors (Lipinski definition) is 0. The third kappa shape index (κ3) is 7.82. The zero-order chi connectivity index (χ0) is 48.8. The minimum Gasteiger partial charge on any atom is -0.294 e. The number of benzene rings is 5. The van der Waals surface area contributed by atoms with Gasteiger partial charge in [-0.2, -0.15) is 0 Å². The Hall–Kier alpha value is -6.55. The third-order valence-electron chi connectivity index (χ3n) is 14.8. The predicted octanol–water partition coefficient (Wildman–Crippen LogP) is 15.0. The van der Waals surface area contributed by atoms with Gasteiger partial charge in [0.05, 0.1) is 61.0 Å². The highest BCUT2D eigenvalue weighted by molar-refractivity contribution is 6.01. The van der Waals surface area contributed by atoms with Crippen molar-refractivity contribution >= 4 is 55.2 Å². The number of imidazole rings is 5. The number of aromatic nitrogens is 10. The first-order valence-electron chi connectivity index (χ1n) is 26.6. The Kier molecular flexibility index (Phi) is 13.3. The molecule has 10 nitrogen and oxygen atoms in total. The Morgan fingerprint density at radius 3 is 1.29 bits per heavy atom. The molecular weight excluding hydrogens is 861 g/mol. The summed E-state index contributed by atoms with van der Waals surface area (Å²) in [5.41, 5.74) is 19.6. The molecule has 0 fully saturated rings. The molecule has 5 aromatic heterocycles. The molecule has 362 valence electrons. The van der Waals surface area contributed by atoms with Crippen LogP contribution in [0.25, 0.3) is 72.2 Å². The second-order valence-electron chi connectivity index (χ2n) is 19.9. The van der Waals surface area contributed by atoms with E-state index in [1.807, 2.05) is 0 Å². The van der Waals surface area contributed by atoms with Gasteiger partial charge in [0.25, 0.3) is 0 Å². The predicted molar refractivity (Wildman–Crippen MR) is 291 cm³/mol. The molecule has 0 aliphatic rings. The molecule has 10 heteroatoms. The highest BCUT2D eigenvalue weighted by Gasteiger charge is 2.34. The van der Waals surface area contributed by atoms with Crippen molar-refractivity contribution in [1.29, 1.82) is 0 Å². The molecule has 0 saturated carbocycles. The van der Waals surface area contributed by atoms with E-state index >= 15 is 0 Å². The Labute approximate surface area is 413 Å². The second kappa shape index (κ2) is 19.7. The van der Waals surface area contributed by atoms with Crippen LogP contribution >= 0.6 is 0 Å². The monoisotopic (exact) mass is 933 g/mol. The van der Waals surface area contributed by atoms with Crippen molar-refractivity contribution in [3.05, 3.63) is 130 Å². The van der Waals surface area contributed by atoms with Crippen LogP contribution in [0.1, 0.15) is 156 Å². The summed E-state index contributed by atoms with van der Waals surface area (Å²) in [6, 6.07) is 26.7. The van der Waals surface area contributed by atoms with E-state index in [2.05, 4.69) is 165 Å². The summed E-state index contributed by atoms with van der Waals surface area (Å²) in [6.45, 7) is 22.5. The topological polar surface area (TPSA) is 89.1 Å². The summed E-state index contributed by atoms with van der Waals surface area (Å²) in [5.74, 6) is 5.22. The quantitative estimate of drug-likeness (QED) is 0.0754. The van der Waals surface area contributed by atoms with Gasteiger partial charge in [-0.25, -0.2) is 34.3 Å².